The number of anilines is 1. The molecule has 1 aromatic rings. The van der Waals surface area contributed by atoms with Crippen LogP contribution in [-0.2, 0) is 4.79 Å². The molecule has 2 N–H and O–H groups in total. The summed E-state index contributed by atoms with van der Waals surface area (Å²) in [7, 11) is 0. The van der Waals surface area contributed by atoms with E-state index in [1.165, 1.54) is 12.8 Å². The fourth-order valence-electron chi connectivity index (χ4n) is 1.89. The fraction of sp³-hybridized carbons (Fsp3) is 0.600. The first-order chi connectivity index (χ1) is 6.77. The Morgan fingerprint density at radius 1 is 1.57 bits per heavy atom. The summed E-state index contributed by atoms with van der Waals surface area (Å²) < 4.78 is 0. The van der Waals surface area contributed by atoms with Crippen LogP contribution in [0, 0.1) is 12.8 Å². The van der Waals surface area contributed by atoms with E-state index in [1.54, 1.807) is 6.20 Å². The van der Waals surface area contributed by atoms with E-state index >= 15 is 0 Å². The SMILES string of the molecule is Cc1cn[nH]c1NC(=O)C1CCCC1. The third-order valence-corrected chi connectivity index (χ3v) is 2.80. The Morgan fingerprint density at radius 3 is 2.86 bits per heavy atom. The predicted octanol–water partition coefficient (Wildman–Crippen LogP) is 1.85. The van der Waals surface area contributed by atoms with Crippen LogP contribution in [0.3, 0.4) is 0 Å². The quantitative estimate of drug-likeness (QED) is 0.753. The van der Waals surface area contributed by atoms with Gasteiger partial charge in [0.05, 0.1) is 6.20 Å². The first kappa shape index (κ1) is 9.24. The number of aromatic amines is 1. The largest absolute Gasteiger partial charge is 0.311 e. The van der Waals surface area contributed by atoms with Gasteiger partial charge in [-0.15, -0.1) is 0 Å². The third kappa shape index (κ3) is 1.78. The van der Waals surface area contributed by atoms with E-state index in [1.807, 2.05) is 6.92 Å². The second kappa shape index (κ2) is 3.82. The van der Waals surface area contributed by atoms with Crippen molar-refractivity contribution in [1.29, 1.82) is 0 Å². The molecule has 1 amide bonds. The Kier molecular flexibility index (Phi) is 2.52. The molecule has 0 aromatic carbocycles. The molecule has 1 fully saturated rings. The zero-order valence-electron chi connectivity index (χ0n) is 8.34. The fourth-order valence-corrected chi connectivity index (χ4v) is 1.89. The maximum atomic E-state index is 11.7. The Morgan fingerprint density at radius 2 is 2.29 bits per heavy atom. The normalized spacial score (nSPS) is 17.2. The van der Waals surface area contributed by atoms with Crippen LogP contribution in [0.25, 0.3) is 0 Å². The number of hydrogen-bond acceptors (Lipinski definition) is 2. The van der Waals surface area contributed by atoms with Crippen molar-refractivity contribution in [2.75, 3.05) is 5.32 Å². The summed E-state index contributed by atoms with van der Waals surface area (Å²) in [4.78, 5) is 11.7. The molecule has 4 heteroatoms. The highest BCUT2D eigenvalue weighted by Gasteiger charge is 2.23. The van der Waals surface area contributed by atoms with Crippen LogP contribution in [0.4, 0.5) is 5.82 Å². The lowest BCUT2D eigenvalue weighted by Gasteiger charge is -2.08. The Balaban J connectivity index is 1.97. The van der Waals surface area contributed by atoms with Gasteiger partial charge in [-0.1, -0.05) is 12.8 Å². The minimum Gasteiger partial charge on any atom is -0.311 e. The van der Waals surface area contributed by atoms with E-state index in [-0.39, 0.29) is 11.8 Å². The number of carbonyl (C=O) groups excluding carboxylic acids is 1. The Bertz CT molecular complexity index is 326. The molecule has 0 unspecified atom stereocenters. The highest BCUT2D eigenvalue weighted by molar-refractivity contribution is 5.92. The second-order valence-electron chi connectivity index (χ2n) is 3.90. The van der Waals surface area contributed by atoms with Gasteiger partial charge in [-0.2, -0.15) is 5.10 Å². The molecule has 1 saturated carbocycles. The molecule has 1 heterocycles. The molecular weight excluding hydrogens is 178 g/mol. The molecule has 0 spiro atoms. The summed E-state index contributed by atoms with van der Waals surface area (Å²) >= 11 is 0. The number of aromatic nitrogens is 2. The minimum absolute atomic E-state index is 0.134. The van der Waals surface area contributed by atoms with Crippen molar-refractivity contribution < 1.29 is 4.79 Å². The van der Waals surface area contributed by atoms with Crippen molar-refractivity contribution in [2.45, 2.75) is 32.6 Å². The summed E-state index contributed by atoms with van der Waals surface area (Å²) in [6, 6.07) is 0. The number of nitrogens with zero attached hydrogens (tertiary/aromatic N) is 1. The third-order valence-electron chi connectivity index (χ3n) is 2.80. The lowest BCUT2D eigenvalue weighted by atomic mass is 10.1. The Labute approximate surface area is 83.1 Å². The smallest absolute Gasteiger partial charge is 0.228 e. The Hall–Kier alpha value is -1.32. The molecule has 76 valence electrons. The van der Waals surface area contributed by atoms with Crippen LogP contribution < -0.4 is 5.32 Å². The zero-order valence-corrected chi connectivity index (χ0v) is 8.34. The predicted molar refractivity (Wildman–Crippen MR) is 53.9 cm³/mol. The van der Waals surface area contributed by atoms with Gasteiger partial charge >= 0.3 is 0 Å². The summed E-state index contributed by atoms with van der Waals surface area (Å²) in [5.41, 5.74) is 0.983. The average Bonchev–Trinajstić information content (AvgIpc) is 2.77. The van der Waals surface area contributed by atoms with Crippen molar-refractivity contribution in [3.8, 4) is 0 Å². The topological polar surface area (TPSA) is 57.8 Å². The van der Waals surface area contributed by atoms with E-state index in [9.17, 15) is 4.79 Å². The van der Waals surface area contributed by atoms with Crippen molar-refractivity contribution in [1.82, 2.24) is 10.2 Å². The van der Waals surface area contributed by atoms with Gasteiger partial charge in [0.1, 0.15) is 5.82 Å². The van der Waals surface area contributed by atoms with Gasteiger partial charge in [0.15, 0.2) is 0 Å². The van der Waals surface area contributed by atoms with E-state index in [0.29, 0.717) is 0 Å². The van der Waals surface area contributed by atoms with Gasteiger partial charge in [-0.05, 0) is 19.8 Å². The number of aryl methyl sites for hydroxylation is 1. The summed E-state index contributed by atoms with van der Waals surface area (Å²) in [5.74, 6) is 1.08. The molecule has 2 rings (SSSR count). The maximum Gasteiger partial charge on any atom is 0.228 e. The van der Waals surface area contributed by atoms with Crippen LogP contribution in [0.2, 0.25) is 0 Å². The molecular formula is C10H15N3O. The number of H-pyrrole nitrogens is 1. The number of hydrogen-bond donors (Lipinski definition) is 2. The molecule has 0 atom stereocenters. The van der Waals surface area contributed by atoms with Gasteiger partial charge in [0.2, 0.25) is 5.91 Å². The first-order valence-electron chi connectivity index (χ1n) is 5.08. The molecule has 1 aromatic heterocycles. The number of nitrogens with one attached hydrogen (secondary N) is 2. The van der Waals surface area contributed by atoms with E-state index in [2.05, 4.69) is 15.5 Å². The van der Waals surface area contributed by atoms with Crippen LogP contribution in [0.1, 0.15) is 31.2 Å². The van der Waals surface area contributed by atoms with Crippen LogP contribution in [-0.4, -0.2) is 16.1 Å². The highest BCUT2D eigenvalue weighted by atomic mass is 16.2. The monoisotopic (exact) mass is 193 g/mol. The lowest BCUT2D eigenvalue weighted by Crippen LogP contribution is -2.20. The van der Waals surface area contributed by atoms with Gasteiger partial charge < -0.3 is 5.32 Å². The van der Waals surface area contributed by atoms with Crippen molar-refractivity contribution in [3.63, 3.8) is 0 Å². The minimum atomic E-state index is 0.134. The van der Waals surface area contributed by atoms with Gasteiger partial charge in [-0.3, -0.25) is 9.89 Å². The highest BCUT2D eigenvalue weighted by Crippen LogP contribution is 2.25. The summed E-state index contributed by atoms with van der Waals surface area (Å²) in [5, 5.41) is 9.51. The lowest BCUT2D eigenvalue weighted by molar-refractivity contribution is -0.119. The molecule has 14 heavy (non-hydrogen) atoms. The molecule has 4 nitrogen and oxygen atoms in total. The number of amides is 1. The van der Waals surface area contributed by atoms with Crippen molar-refractivity contribution in [2.24, 2.45) is 5.92 Å². The molecule has 0 saturated heterocycles. The summed E-state index contributed by atoms with van der Waals surface area (Å²) in [6.45, 7) is 1.92. The van der Waals surface area contributed by atoms with E-state index in [4.69, 9.17) is 0 Å². The molecule has 0 bridgehead atoms. The molecule has 1 aliphatic rings. The van der Waals surface area contributed by atoms with Crippen molar-refractivity contribution >= 4 is 11.7 Å². The maximum absolute atomic E-state index is 11.7. The van der Waals surface area contributed by atoms with Crippen LogP contribution in [0.15, 0.2) is 6.20 Å². The van der Waals surface area contributed by atoms with Gasteiger partial charge in [-0.25, -0.2) is 0 Å². The molecule has 1 aliphatic carbocycles. The van der Waals surface area contributed by atoms with Gasteiger partial charge in [0, 0.05) is 11.5 Å². The van der Waals surface area contributed by atoms with Crippen molar-refractivity contribution in [3.05, 3.63) is 11.8 Å². The zero-order chi connectivity index (χ0) is 9.97. The average molecular weight is 193 g/mol. The summed E-state index contributed by atoms with van der Waals surface area (Å²) in [6.07, 6.45) is 6.13. The van der Waals surface area contributed by atoms with Gasteiger partial charge in [0.25, 0.3) is 0 Å². The number of rotatable bonds is 2. The van der Waals surface area contributed by atoms with E-state index < -0.39 is 0 Å². The first-order valence-corrected chi connectivity index (χ1v) is 5.08. The number of carbonyl (C=O) groups is 1. The molecule has 0 radical (unpaired) electrons. The van der Waals surface area contributed by atoms with Crippen LogP contribution >= 0.6 is 0 Å². The van der Waals surface area contributed by atoms with E-state index in [0.717, 1.165) is 24.2 Å². The second-order valence-corrected chi connectivity index (χ2v) is 3.90. The van der Waals surface area contributed by atoms with Crippen LogP contribution in [0.5, 0.6) is 0 Å². The standard InChI is InChI=1S/C10H15N3O/c1-7-6-11-13-9(7)12-10(14)8-4-2-3-5-8/h6,8H,2-5H2,1H3,(H2,11,12,13,14). The molecule has 0 aliphatic heterocycles.